The summed E-state index contributed by atoms with van der Waals surface area (Å²) >= 11 is 0. The van der Waals surface area contributed by atoms with Gasteiger partial charge in [-0.2, -0.15) is 0 Å². The lowest BCUT2D eigenvalue weighted by Gasteiger charge is -2.33. The summed E-state index contributed by atoms with van der Waals surface area (Å²) in [4.78, 5) is 26.2. The number of para-hydroxylation sites is 1. The van der Waals surface area contributed by atoms with Gasteiger partial charge >= 0.3 is 0 Å². The number of ether oxygens (including phenoxy) is 1. The number of amides is 2. The van der Waals surface area contributed by atoms with Crippen molar-refractivity contribution in [2.75, 3.05) is 19.6 Å². The van der Waals surface area contributed by atoms with Gasteiger partial charge < -0.3 is 15.0 Å². The normalized spacial score (nSPS) is 16.7. The van der Waals surface area contributed by atoms with Gasteiger partial charge in [0.2, 0.25) is 5.91 Å². The predicted molar refractivity (Wildman–Crippen MR) is 89.1 cm³/mol. The number of carbonyl (C=O) groups excluding carboxylic acids is 2. The largest absolute Gasteiger partial charge is 0.481 e. The van der Waals surface area contributed by atoms with Gasteiger partial charge in [0, 0.05) is 25.6 Å². The number of carbonyl (C=O) groups is 2. The van der Waals surface area contributed by atoms with Crippen molar-refractivity contribution >= 4 is 11.8 Å². The molecular formula is C18H26N2O3. The van der Waals surface area contributed by atoms with Gasteiger partial charge in [-0.1, -0.05) is 25.1 Å². The number of nitrogens with one attached hydrogen (secondary N) is 1. The lowest BCUT2D eigenvalue weighted by atomic mass is 9.95. The minimum Gasteiger partial charge on any atom is -0.481 e. The number of benzene rings is 1. The van der Waals surface area contributed by atoms with Crippen molar-refractivity contribution in [1.82, 2.24) is 10.2 Å². The van der Waals surface area contributed by atoms with E-state index in [-0.39, 0.29) is 17.7 Å². The van der Waals surface area contributed by atoms with Crippen molar-refractivity contribution in [2.45, 2.75) is 39.2 Å². The lowest BCUT2D eigenvalue weighted by molar-refractivity contribution is -0.141. The van der Waals surface area contributed by atoms with E-state index in [2.05, 4.69) is 5.32 Å². The van der Waals surface area contributed by atoms with Crippen LogP contribution in [0.5, 0.6) is 5.75 Å². The van der Waals surface area contributed by atoms with Crippen LogP contribution < -0.4 is 10.1 Å². The highest BCUT2D eigenvalue weighted by Crippen LogP contribution is 2.19. The lowest BCUT2D eigenvalue weighted by Crippen LogP contribution is -2.47. The molecule has 2 amide bonds. The Morgan fingerprint density at radius 2 is 1.91 bits per heavy atom. The topological polar surface area (TPSA) is 58.6 Å². The van der Waals surface area contributed by atoms with Crippen molar-refractivity contribution < 1.29 is 14.3 Å². The molecule has 1 aliphatic heterocycles. The molecule has 1 aromatic carbocycles. The average Bonchev–Trinajstić information content (AvgIpc) is 2.60. The van der Waals surface area contributed by atoms with Crippen molar-refractivity contribution in [3.05, 3.63) is 30.3 Å². The highest BCUT2D eigenvalue weighted by molar-refractivity contribution is 5.82. The molecule has 1 atom stereocenters. The molecule has 1 saturated heterocycles. The first-order chi connectivity index (χ1) is 11.1. The second-order valence-electron chi connectivity index (χ2n) is 5.96. The van der Waals surface area contributed by atoms with Gasteiger partial charge in [0.1, 0.15) is 5.75 Å². The number of hydrogen-bond acceptors (Lipinski definition) is 3. The molecule has 1 unspecified atom stereocenters. The number of nitrogens with zero attached hydrogens (tertiary/aromatic N) is 1. The molecule has 5 nitrogen and oxygen atoms in total. The van der Waals surface area contributed by atoms with E-state index in [1.165, 1.54) is 0 Å². The Balaban J connectivity index is 1.80. The second-order valence-corrected chi connectivity index (χ2v) is 5.96. The van der Waals surface area contributed by atoms with E-state index in [0.717, 1.165) is 25.8 Å². The SMILES string of the molecule is CCCNC(=O)C1CCN(C(=O)C(C)Oc2ccccc2)CC1. The molecule has 0 aromatic heterocycles. The third-order valence-corrected chi connectivity index (χ3v) is 4.13. The highest BCUT2D eigenvalue weighted by atomic mass is 16.5. The zero-order valence-electron chi connectivity index (χ0n) is 14.0. The van der Waals surface area contributed by atoms with E-state index >= 15 is 0 Å². The van der Waals surface area contributed by atoms with Crippen LogP contribution in [0.25, 0.3) is 0 Å². The first-order valence-electron chi connectivity index (χ1n) is 8.40. The summed E-state index contributed by atoms with van der Waals surface area (Å²) in [6, 6.07) is 9.36. The fourth-order valence-corrected chi connectivity index (χ4v) is 2.77. The third-order valence-electron chi connectivity index (χ3n) is 4.13. The van der Waals surface area contributed by atoms with Gasteiger partial charge in [0.25, 0.3) is 5.91 Å². The second kappa shape index (κ2) is 8.56. The van der Waals surface area contributed by atoms with Crippen LogP contribution in [0.3, 0.4) is 0 Å². The number of likely N-dealkylation sites (tertiary alicyclic amines) is 1. The van der Waals surface area contributed by atoms with E-state index in [4.69, 9.17) is 4.74 Å². The zero-order chi connectivity index (χ0) is 16.7. The monoisotopic (exact) mass is 318 g/mol. The van der Waals surface area contributed by atoms with Gasteiger partial charge in [-0.3, -0.25) is 9.59 Å². The Bertz CT molecular complexity index is 510. The van der Waals surface area contributed by atoms with Crippen molar-refractivity contribution in [3.63, 3.8) is 0 Å². The number of rotatable bonds is 6. The molecule has 1 N–H and O–H groups in total. The summed E-state index contributed by atoms with van der Waals surface area (Å²) < 4.78 is 5.69. The molecule has 0 bridgehead atoms. The Labute approximate surface area is 138 Å². The quantitative estimate of drug-likeness (QED) is 0.875. The summed E-state index contributed by atoms with van der Waals surface area (Å²) in [5.41, 5.74) is 0. The Morgan fingerprint density at radius 1 is 1.26 bits per heavy atom. The van der Waals surface area contributed by atoms with Crippen molar-refractivity contribution in [1.29, 1.82) is 0 Å². The van der Waals surface area contributed by atoms with Crippen LogP contribution in [-0.4, -0.2) is 42.5 Å². The first-order valence-corrected chi connectivity index (χ1v) is 8.40. The molecule has 1 aromatic rings. The van der Waals surface area contributed by atoms with E-state index in [1.807, 2.05) is 37.3 Å². The fraction of sp³-hybridized carbons (Fsp3) is 0.556. The minimum absolute atomic E-state index is 0.0127. The van der Waals surface area contributed by atoms with Gasteiger partial charge in [0.15, 0.2) is 6.10 Å². The summed E-state index contributed by atoms with van der Waals surface area (Å²) in [5, 5.41) is 2.93. The smallest absolute Gasteiger partial charge is 0.263 e. The number of hydrogen-bond donors (Lipinski definition) is 1. The van der Waals surface area contributed by atoms with Crippen LogP contribution in [0.15, 0.2) is 30.3 Å². The third kappa shape index (κ3) is 4.98. The van der Waals surface area contributed by atoms with E-state index in [1.54, 1.807) is 11.8 Å². The molecule has 2 rings (SSSR count). The van der Waals surface area contributed by atoms with E-state index in [9.17, 15) is 9.59 Å². The maximum absolute atomic E-state index is 12.5. The van der Waals surface area contributed by atoms with E-state index < -0.39 is 6.10 Å². The van der Waals surface area contributed by atoms with Gasteiger partial charge in [0.05, 0.1) is 0 Å². The fourth-order valence-electron chi connectivity index (χ4n) is 2.77. The van der Waals surface area contributed by atoms with Crippen LogP contribution in [0.2, 0.25) is 0 Å². The van der Waals surface area contributed by atoms with Crippen LogP contribution in [-0.2, 0) is 9.59 Å². The molecular weight excluding hydrogens is 292 g/mol. The summed E-state index contributed by atoms with van der Waals surface area (Å²) in [6.07, 6.45) is 1.87. The Hall–Kier alpha value is -2.04. The molecule has 1 fully saturated rings. The van der Waals surface area contributed by atoms with Gasteiger partial charge in [-0.15, -0.1) is 0 Å². The van der Waals surface area contributed by atoms with Crippen LogP contribution in [0.1, 0.15) is 33.1 Å². The number of piperidine rings is 1. The average molecular weight is 318 g/mol. The maximum Gasteiger partial charge on any atom is 0.263 e. The first kappa shape index (κ1) is 17.3. The highest BCUT2D eigenvalue weighted by Gasteiger charge is 2.29. The van der Waals surface area contributed by atoms with Gasteiger partial charge in [-0.25, -0.2) is 0 Å². The van der Waals surface area contributed by atoms with Crippen molar-refractivity contribution in [2.24, 2.45) is 5.92 Å². The molecule has 126 valence electrons. The molecule has 1 heterocycles. The van der Waals surface area contributed by atoms with Crippen LogP contribution in [0.4, 0.5) is 0 Å². The minimum atomic E-state index is -0.511. The Kier molecular flexibility index (Phi) is 6.44. The van der Waals surface area contributed by atoms with Crippen molar-refractivity contribution in [3.8, 4) is 5.75 Å². The molecule has 0 spiro atoms. The molecule has 0 radical (unpaired) electrons. The molecule has 5 heteroatoms. The Morgan fingerprint density at radius 3 is 2.52 bits per heavy atom. The van der Waals surface area contributed by atoms with Crippen LogP contribution in [0, 0.1) is 5.92 Å². The van der Waals surface area contributed by atoms with E-state index in [0.29, 0.717) is 18.8 Å². The standard InChI is InChI=1S/C18H26N2O3/c1-3-11-19-17(21)15-9-12-20(13-10-15)18(22)14(2)23-16-7-5-4-6-8-16/h4-8,14-15H,3,9-13H2,1-2H3,(H,19,21). The molecule has 1 aliphatic rings. The van der Waals surface area contributed by atoms with Crippen LogP contribution >= 0.6 is 0 Å². The molecule has 0 aliphatic carbocycles. The van der Waals surface area contributed by atoms with Gasteiger partial charge in [-0.05, 0) is 38.3 Å². The molecule has 23 heavy (non-hydrogen) atoms. The summed E-state index contributed by atoms with van der Waals surface area (Å²) in [6.45, 7) is 5.77. The predicted octanol–water partition coefficient (Wildman–Crippen LogP) is 2.22. The maximum atomic E-state index is 12.5. The molecule has 0 saturated carbocycles. The zero-order valence-corrected chi connectivity index (χ0v) is 14.0. The summed E-state index contributed by atoms with van der Waals surface area (Å²) in [5.74, 6) is 0.826. The summed E-state index contributed by atoms with van der Waals surface area (Å²) in [7, 11) is 0.